The Kier molecular flexibility index (Phi) is 3.67. The summed E-state index contributed by atoms with van der Waals surface area (Å²) in [5.41, 5.74) is 5.38. The topological polar surface area (TPSA) is 38.3 Å². The van der Waals surface area contributed by atoms with E-state index in [2.05, 4.69) is 31.3 Å². The number of benzene rings is 2. The summed E-state index contributed by atoms with van der Waals surface area (Å²) in [4.78, 5) is 12.7. The Hall–Kier alpha value is -2.29. The predicted octanol–water partition coefficient (Wildman–Crippen LogP) is 4.58. The van der Waals surface area contributed by atoms with Crippen LogP contribution >= 0.6 is 0 Å². The minimum absolute atomic E-state index is 0.0656. The molecule has 2 aromatic carbocycles. The second kappa shape index (κ2) is 5.41. The summed E-state index contributed by atoms with van der Waals surface area (Å²) >= 11 is 0. The van der Waals surface area contributed by atoms with Crippen LogP contribution < -0.4 is 10.1 Å². The zero-order valence-corrected chi connectivity index (χ0v) is 14.4. The SMILES string of the molecule is Cc1c(C)c(NCc2ccccc2)c2c(c1C)C(=O)C(C)(C)O2. The predicted molar refractivity (Wildman–Crippen MR) is 93.5 cm³/mol. The van der Waals surface area contributed by atoms with Crippen molar-refractivity contribution in [2.24, 2.45) is 0 Å². The van der Waals surface area contributed by atoms with E-state index in [1.54, 1.807) is 0 Å². The Morgan fingerprint density at radius 3 is 2.30 bits per heavy atom. The molecule has 0 saturated carbocycles. The van der Waals surface area contributed by atoms with Gasteiger partial charge >= 0.3 is 0 Å². The number of nitrogens with one attached hydrogen (secondary N) is 1. The summed E-state index contributed by atoms with van der Waals surface area (Å²) < 4.78 is 6.03. The highest BCUT2D eigenvalue weighted by Gasteiger charge is 2.43. The van der Waals surface area contributed by atoms with Crippen molar-refractivity contribution in [2.75, 3.05) is 5.32 Å². The molecule has 0 atom stereocenters. The zero-order chi connectivity index (χ0) is 16.8. The largest absolute Gasteiger partial charge is 0.477 e. The summed E-state index contributed by atoms with van der Waals surface area (Å²) in [7, 11) is 0. The van der Waals surface area contributed by atoms with Crippen molar-refractivity contribution in [1.82, 2.24) is 0 Å². The summed E-state index contributed by atoms with van der Waals surface area (Å²) in [5, 5.41) is 3.48. The van der Waals surface area contributed by atoms with Gasteiger partial charge in [0.1, 0.15) is 0 Å². The van der Waals surface area contributed by atoms with Crippen molar-refractivity contribution in [3.63, 3.8) is 0 Å². The van der Waals surface area contributed by atoms with E-state index in [-0.39, 0.29) is 5.78 Å². The number of ketones is 1. The molecule has 1 aliphatic heterocycles. The van der Waals surface area contributed by atoms with Crippen molar-refractivity contribution >= 4 is 11.5 Å². The molecule has 120 valence electrons. The maximum absolute atomic E-state index is 12.7. The van der Waals surface area contributed by atoms with Gasteiger partial charge in [0.2, 0.25) is 5.78 Å². The lowest BCUT2D eigenvalue weighted by Crippen LogP contribution is -2.32. The lowest BCUT2D eigenvalue weighted by Gasteiger charge is -2.19. The van der Waals surface area contributed by atoms with Gasteiger partial charge in [-0.1, -0.05) is 30.3 Å². The first-order valence-corrected chi connectivity index (χ1v) is 7.98. The lowest BCUT2D eigenvalue weighted by molar-refractivity contribution is 0.0685. The Balaban J connectivity index is 2.05. The van der Waals surface area contributed by atoms with Crippen molar-refractivity contribution in [2.45, 2.75) is 46.8 Å². The first kappa shape index (κ1) is 15.6. The van der Waals surface area contributed by atoms with E-state index in [4.69, 9.17) is 4.74 Å². The maximum Gasteiger partial charge on any atom is 0.209 e. The Labute approximate surface area is 137 Å². The number of carbonyl (C=O) groups is 1. The third-order valence-corrected chi connectivity index (χ3v) is 4.77. The summed E-state index contributed by atoms with van der Waals surface area (Å²) in [6, 6.07) is 10.2. The molecule has 3 heteroatoms. The van der Waals surface area contributed by atoms with Crippen molar-refractivity contribution in [3.05, 3.63) is 58.1 Å². The van der Waals surface area contributed by atoms with E-state index in [0.29, 0.717) is 12.3 Å². The molecule has 23 heavy (non-hydrogen) atoms. The maximum atomic E-state index is 12.7. The minimum atomic E-state index is -0.795. The first-order valence-electron chi connectivity index (χ1n) is 7.98. The summed E-state index contributed by atoms with van der Waals surface area (Å²) in [6.45, 7) is 10.5. The molecule has 0 spiro atoms. The monoisotopic (exact) mass is 309 g/mol. The molecule has 0 unspecified atom stereocenters. The van der Waals surface area contributed by atoms with Gasteiger partial charge in [-0.3, -0.25) is 4.79 Å². The van der Waals surface area contributed by atoms with Crippen LogP contribution in [0.5, 0.6) is 5.75 Å². The van der Waals surface area contributed by atoms with Crippen LogP contribution in [-0.2, 0) is 6.54 Å². The fraction of sp³-hybridized carbons (Fsp3) is 0.350. The van der Waals surface area contributed by atoms with Gasteiger partial charge in [0.15, 0.2) is 11.4 Å². The van der Waals surface area contributed by atoms with E-state index in [1.165, 1.54) is 5.56 Å². The minimum Gasteiger partial charge on any atom is -0.477 e. The Morgan fingerprint density at radius 2 is 1.65 bits per heavy atom. The molecular weight excluding hydrogens is 286 g/mol. The second-order valence-corrected chi connectivity index (χ2v) is 6.73. The van der Waals surface area contributed by atoms with Crippen LogP contribution in [0.1, 0.15) is 46.5 Å². The van der Waals surface area contributed by atoms with Gasteiger partial charge in [-0.25, -0.2) is 0 Å². The van der Waals surface area contributed by atoms with Crippen LogP contribution in [-0.4, -0.2) is 11.4 Å². The summed E-state index contributed by atoms with van der Waals surface area (Å²) in [5.74, 6) is 0.771. The van der Waals surface area contributed by atoms with E-state index in [1.807, 2.05) is 39.0 Å². The average molecular weight is 309 g/mol. The van der Waals surface area contributed by atoms with Crippen LogP contribution in [0.3, 0.4) is 0 Å². The average Bonchev–Trinajstić information content (AvgIpc) is 2.76. The third-order valence-electron chi connectivity index (χ3n) is 4.77. The van der Waals surface area contributed by atoms with Gasteiger partial charge in [-0.05, 0) is 56.9 Å². The highest BCUT2D eigenvalue weighted by atomic mass is 16.5. The van der Waals surface area contributed by atoms with Crippen molar-refractivity contribution in [1.29, 1.82) is 0 Å². The van der Waals surface area contributed by atoms with Crippen LogP contribution in [0.25, 0.3) is 0 Å². The fourth-order valence-corrected chi connectivity index (χ4v) is 3.10. The molecule has 2 aromatic rings. The van der Waals surface area contributed by atoms with E-state index in [0.717, 1.165) is 27.9 Å². The molecule has 0 saturated heterocycles. The number of Topliss-reactive ketones (excluding diaryl/α,β-unsaturated/α-hetero) is 1. The number of hydrogen-bond donors (Lipinski definition) is 1. The highest BCUT2D eigenvalue weighted by molar-refractivity contribution is 6.10. The molecule has 0 fully saturated rings. The molecular formula is C20H23NO2. The molecule has 1 aliphatic rings. The standard InChI is InChI=1S/C20H23NO2/c1-12-13(2)16-18(23-20(4,5)19(16)22)17(14(12)3)21-11-15-9-7-6-8-10-15/h6-10,21H,11H2,1-5H3. The number of hydrogen-bond acceptors (Lipinski definition) is 3. The number of carbonyl (C=O) groups excluding carboxylic acids is 1. The van der Waals surface area contributed by atoms with E-state index in [9.17, 15) is 4.79 Å². The lowest BCUT2D eigenvalue weighted by atomic mass is 9.91. The van der Waals surface area contributed by atoms with Crippen LogP contribution in [0.2, 0.25) is 0 Å². The zero-order valence-electron chi connectivity index (χ0n) is 14.4. The molecule has 0 aromatic heterocycles. The molecule has 0 aliphatic carbocycles. The molecule has 1 N–H and O–H groups in total. The summed E-state index contributed by atoms with van der Waals surface area (Å²) in [6.07, 6.45) is 0. The smallest absolute Gasteiger partial charge is 0.209 e. The van der Waals surface area contributed by atoms with E-state index >= 15 is 0 Å². The molecule has 3 nitrogen and oxygen atoms in total. The van der Waals surface area contributed by atoms with Gasteiger partial charge in [0.05, 0.1) is 11.3 Å². The van der Waals surface area contributed by atoms with E-state index < -0.39 is 5.60 Å². The fourth-order valence-electron chi connectivity index (χ4n) is 3.10. The second-order valence-electron chi connectivity index (χ2n) is 6.73. The molecule has 3 rings (SSSR count). The Bertz CT molecular complexity index is 776. The first-order chi connectivity index (χ1) is 10.8. The molecule has 0 amide bonds. The van der Waals surface area contributed by atoms with Gasteiger partial charge in [-0.2, -0.15) is 0 Å². The number of ether oxygens (including phenoxy) is 1. The van der Waals surface area contributed by atoms with Crippen molar-refractivity contribution in [3.8, 4) is 5.75 Å². The molecule has 1 heterocycles. The van der Waals surface area contributed by atoms with Gasteiger partial charge in [0, 0.05) is 6.54 Å². The number of rotatable bonds is 3. The third kappa shape index (κ3) is 2.50. The Morgan fingerprint density at radius 1 is 1.00 bits per heavy atom. The normalized spacial score (nSPS) is 15.3. The number of fused-ring (bicyclic) bond motifs is 1. The molecule has 0 radical (unpaired) electrons. The molecule has 0 bridgehead atoms. The van der Waals surface area contributed by atoms with Crippen LogP contribution in [0, 0.1) is 20.8 Å². The van der Waals surface area contributed by atoms with Crippen LogP contribution in [0.4, 0.5) is 5.69 Å². The van der Waals surface area contributed by atoms with Gasteiger partial charge < -0.3 is 10.1 Å². The number of anilines is 1. The van der Waals surface area contributed by atoms with Crippen LogP contribution in [0.15, 0.2) is 30.3 Å². The van der Waals surface area contributed by atoms with Crippen molar-refractivity contribution < 1.29 is 9.53 Å². The highest BCUT2D eigenvalue weighted by Crippen LogP contribution is 2.45. The van der Waals surface area contributed by atoms with Gasteiger partial charge in [0.25, 0.3) is 0 Å². The quantitative estimate of drug-likeness (QED) is 0.902. The van der Waals surface area contributed by atoms with Gasteiger partial charge in [-0.15, -0.1) is 0 Å².